The molecule has 4 N–H and O–H groups in total. The summed E-state index contributed by atoms with van der Waals surface area (Å²) < 4.78 is 5.37. The van der Waals surface area contributed by atoms with Gasteiger partial charge in [-0.2, -0.15) is 0 Å². The van der Waals surface area contributed by atoms with Crippen molar-refractivity contribution >= 4 is 34.1 Å². The van der Waals surface area contributed by atoms with Gasteiger partial charge < -0.3 is 20.9 Å². The summed E-state index contributed by atoms with van der Waals surface area (Å²) in [5.41, 5.74) is 13.7. The van der Waals surface area contributed by atoms with E-state index in [4.69, 9.17) is 27.6 Å². The molecule has 0 radical (unpaired) electrons. The summed E-state index contributed by atoms with van der Waals surface area (Å²) in [5.74, 6) is 0.951. The fourth-order valence-electron chi connectivity index (χ4n) is 3.55. The second kappa shape index (κ2) is 3.77. The summed E-state index contributed by atoms with van der Waals surface area (Å²) in [6.45, 7) is 0.960. The number of halogens is 1. The van der Waals surface area contributed by atoms with Crippen LogP contribution in [0.1, 0.15) is 12.8 Å². The van der Waals surface area contributed by atoms with Crippen LogP contribution in [0.5, 0.6) is 0 Å². The number of nitrogens with two attached hydrogens (primary N) is 2. The van der Waals surface area contributed by atoms with Crippen LogP contribution in [0.3, 0.4) is 0 Å². The van der Waals surface area contributed by atoms with Crippen LogP contribution in [0.15, 0.2) is 16.7 Å². The first-order chi connectivity index (χ1) is 9.15. The Morgan fingerprint density at radius 1 is 1.37 bits per heavy atom. The first-order valence-corrected chi connectivity index (χ1v) is 6.89. The molecule has 3 unspecified atom stereocenters. The second-order valence-electron chi connectivity index (χ2n) is 5.50. The second-order valence-corrected chi connectivity index (χ2v) is 5.94. The third-order valence-electron chi connectivity index (χ3n) is 4.51. The first-order valence-electron chi connectivity index (χ1n) is 6.52. The third-order valence-corrected chi connectivity index (χ3v) is 4.73. The number of aromatic nitrogens is 1. The number of hydrogen-bond acceptors (Lipinski definition) is 5. The molecule has 6 heteroatoms. The SMILES string of the molecule is Nc1noc2c(N3CC4CCC3C4N)cc(Cl)cc12. The fraction of sp³-hybridized carbons (Fsp3) is 0.462. The summed E-state index contributed by atoms with van der Waals surface area (Å²) in [4.78, 5) is 2.30. The Bertz CT molecular complexity index is 655. The smallest absolute Gasteiger partial charge is 0.192 e. The minimum absolute atomic E-state index is 0.245. The molecule has 5 nitrogen and oxygen atoms in total. The Kier molecular flexibility index (Phi) is 2.26. The van der Waals surface area contributed by atoms with Gasteiger partial charge in [0.25, 0.3) is 0 Å². The largest absolute Gasteiger partial charge is 0.380 e. The van der Waals surface area contributed by atoms with Crippen molar-refractivity contribution in [3.05, 3.63) is 17.2 Å². The molecule has 2 aromatic rings. The minimum atomic E-state index is 0.245. The molecule has 19 heavy (non-hydrogen) atoms. The van der Waals surface area contributed by atoms with E-state index in [2.05, 4.69) is 10.1 Å². The summed E-state index contributed by atoms with van der Waals surface area (Å²) in [6.07, 6.45) is 2.34. The molecule has 1 saturated carbocycles. The van der Waals surface area contributed by atoms with Crippen LogP contribution in [-0.2, 0) is 0 Å². The van der Waals surface area contributed by atoms with Gasteiger partial charge in [-0.1, -0.05) is 16.8 Å². The van der Waals surface area contributed by atoms with Crippen molar-refractivity contribution in [1.29, 1.82) is 0 Å². The molecule has 1 aromatic carbocycles. The van der Waals surface area contributed by atoms with Gasteiger partial charge in [0.1, 0.15) is 0 Å². The lowest BCUT2D eigenvalue weighted by Crippen LogP contribution is -2.37. The van der Waals surface area contributed by atoms with E-state index in [0.29, 0.717) is 28.4 Å². The van der Waals surface area contributed by atoms with E-state index in [1.54, 1.807) is 6.07 Å². The van der Waals surface area contributed by atoms with E-state index in [-0.39, 0.29) is 6.04 Å². The lowest BCUT2D eigenvalue weighted by atomic mass is 10.1. The van der Waals surface area contributed by atoms with Gasteiger partial charge in [-0.15, -0.1) is 0 Å². The Morgan fingerprint density at radius 2 is 2.21 bits per heavy atom. The maximum atomic E-state index is 6.25. The molecular formula is C13H15ClN4O. The molecule has 2 heterocycles. The van der Waals surface area contributed by atoms with E-state index in [0.717, 1.165) is 24.0 Å². The summed E-state index contributed by atoms with van der Waals surface area (Å²) in [6, 6.07) is 4.33. The zero-order valence-electron chi connectivity index (χ0n) is 10.3. The Morgan fingerprint density at radius 3 is 2.89 bits per heavy atom. The number of anilines is 2. The number of benzene rings is 1. The van der Waals surface area contributed by atoms with Gasteiger partial charge in [0.15, 0.2) is 11.4 Å². The van der Waals surface area contributed by atoms with Crippen LogP contribution in [0.2, 0.25) is 5.02 Å². The minimum Gasteiger partial charge on any atom is -0.380 e. The highest BCUT2D eigenvalue weighted by Crippen LogP contribution is 2.43. The van der Waals surface area contributed by atoms with Gasteiger partial charge >= 0.3 is 0 Å². The van der Waals surface area contributed by atoms with E-state index >= 15 is 0 Å². The molecule has 4 rings (SSSR count). The zero-order valence-corrected chi connectivity index (χ0v) is 11.1. The van der Waals surface area contributed by atoms with Crippen molar-refractivity contribution < 1.29 is 4.52 Å². The topological polar surface area (TPSA) is 81.3 Å². The lowest BCUT2D eigenvalue weighted by Gasteiger charge is -2.29. The van der Waals surface area contributed by atoms with Crippen molar-refractivity contribution in [1.82, 2.24) is 5.16 Å². The number of fused-ring (bicyclic) bond motifs is 3. The summed E-state index contributed by atoms with van der Waals surface area (Å²) in [7, 11) is 0. The molecule has 0 spiro atoms. The first kappa shape index (κ1) is 11.4. The molecule has 1 aromatic heterocycles. The standard InChI is InChI=1S/C13H15ClN4O/c14-7-3-8-12(19-17-13(8)16)10(4-7)18-5-6-1-2-9(18)11(6)15/h3-4,6,9,11H,1-2,5,15H2,(H2,16,17). The molecule has 100 valence electrons. The van der Waals surface area contributed by atoms with Gasteiger partial charge in [-0.3, -0.25) is 0 Å². The molecule has 2 aliphatic rings. The predicted octanol–water partition coefficient (Wildman–Crippen LogP) is 1.99. The number of nitrogens with zero attached hydrogens (tertiary/aromatic N) is 2. The van der Waals surface area contributed by atoms with Gasteiger partial charge in [0, 0.05) is 23.7 Å². The number of nitrogen functional groups attached to an aromatic ring is 1. The Balaban J connectivity index is 1.87. The molecule has 3 atom stereocenters. The summed E-state index contributed by atoms with van der Waals surface area (Å²) in [5, 5.41) is 5.26. The van der Waals surface area contributed by atoms with Gasteiger partial charge in [-0.05, 0) is 30.9 Å². The molecule has 2 fully saturated rings. The molecule has 0 amide bonds. The predicted molar refractivity (Wildman–Crippen MR) is 75.3 cm³/mol. The molecule has 1 aliphatic heterocycles. The summed E-state index contributed by atoms with van der Waals surface area (Å²) >= 11 is 6.19. The van der Waals surface area contributed by atoms with Crippen LogP contribution in [-0.4, -0.2) is 23.8 Å². The molecule has 2 bridgehead atoms. The highest BCUT2D eigenvalue weighted by atomic mass is 35.5. The van der Waals surface area contributed by atoms with Crippen molar-refractivity contribution in [3.63, 3.8) is 0 Å². The van der Waals surface area contributed by atoms with Crippen LogP contribution in [0.25, 0.3) is 11.0 Å². The molecular weight excluding hydrogens is 264 g/mol. The van der Waals surface area contributed by atoms with Crippen molar-refractivity contribution in [3.8, 4) is 0 Å². The van der Waals surface area contributed by atoms with Crippen LogP contribution in [0.4, 0.5) is 11.5 Å². The Labute approximate surface area is 115 Å². The Hall–Kier alpha value is -1.46. The number of piperidine rings is 1. The van der Waals surface area contributed by atoms with Crippen LogP contribution < -0.4 is 16.4 Å². The maximum absolute atomic E-state index is 6.25. The monoisotopic (exact) mass is 278 g/mol. The molecule has 1 aliphatic carbocycles. The van der Waals surface area contributed by atoms with Crippen LogP contribution >= 0.6 is 11.6 Å². The van der Waals surface area contributed by atoms with E-state index in [1.807, 2.05) is 6.07 Å². The van der Waals surface area contributed by atoms with Gasteiger partial charge in [0.05, 0.1) is 11.1 Å². The fourth-order valence-corrected chi connectivity index (χ4v) is 3.76. The van der Waals surface area contributed by atoms with E-state index in [9.17, 15) is 0 Å². The molecule has 1 saturated heterocycles. The van der Waals surface area contributed by atoms with Crippen molar-refractivity contribution in [2.45, 2.75) is 24.9 Å². The average molecular weight is 279 g/mol. The van der Waals surface area contributed by atoms with E-state index < -0.39 is 0 Å². The van der Waals surface area contributed by atoms with Crippen molar-refractivity contribution in [2.24, 2.45) is 11.7 Å². The van der Waals surface area contributed by atoms with Gasteiger partial charge in [0.2, 0.25) is 0 Å². The number of hydrogen-bond donors (Lipinski definition) is 2. The van der Waals surface area contributed by atoms with Crippen molar-refractivity contribution in [2.75, 3.05) is 17.2 Å². The van der Waals surface area contributed by atoms with Crippen LogP contribution in [0, 0.1) is 5.92 Å². The lowest BCUT2D eigenvalue weighted by molar-refractivity contribution is 0.458. The van der Waals surface area contributed by atoms with Gasteiger partial charge in [-0.25, -0.2) is 0 Å². The highest BCUT2D eigenvalue weighted by molar-refractivity contribution is 6.32. The zero-order chi connectivity index (χ0) is 13.1. The maximum Gasteiger partial charge on any atom is 0.192 e. The average Bonchev–Trinajstić information content (AvgIpc) is 3.03. The highest BCUT2D eigenvalue weighted by Gasteiger charge is 2.45. The third kappa shape index (κ3) is 1.48. The normalized spacial score (nSPS) is 29.6. The number of rotatable bonds is 1. The quantitative estimate of drug-likeness (QED) is 0.834. The van der Waals surface area contributed by atoms with E-state index in [1.165, 1.54) is 6.42 Å².